The zero-order valence-electron chi connectivity index (χ0n) is 16.9. The van der Waals surface area contributed by atoms with Gasteiger partial charge in [0.25, 0.3) is 0 Å². The van der Waals surface area contributed by atoms with E-state index >= 15 is 0 Å². The van der Waals surface area contributed by atoms with E-state index in [9.17, 15) is 17.6 Å². The van der Waals surface area contributed by atoms with Crippen LogP contribution in [-0.4, -0.2) is 39.8 Å². The van der Waals surface area contributed by atoms with Crippen molar-refractivity contribution in [1.29, 1.82) is 0 Å². The summed E-state index contributed by atoms with van der Waals surface area (Å²) in [5.74, 6) is -0.376. The number of anilines is 1. The first-order valence-corrected chi connectivity index (χ1v) is 11.3. The van der Waals surface area contributed by atoms with Crippen molar-refractivity contribution in [3.8, 4) is 5.75 Å². The average molecular weight is 423 g/mol. The van der Waals surface area contributed by atoms with Gasteiger partial charge in [-0.25, -0.2) is 12.8 Å². The molecule has 0 aliphatic rings. The number of sulfonamides is 1. The lowest BCUT2D eigenvalue weighted by atomic mass is 10.1. The number of carbonyl (C=O) groups is 1. The minimum absolute atomic E-state index is 0.150. The Morgan fingerprint density at radius 1 is 1.17 bits per heavy atom. The molecular weight excluding hydrogens is 395 g/mol. The van der Waals surface area contributed by atoms with Crippen LogP contribution in [0.5, 0.6) is 5.75 Å². The highest BCUT2D eigenvalue weighted by atomic mass is 32.2. The Bertz CT molecular complexity index is 934. The van der Waals surface area contributed by atoms with Gasteiger partial charge in [0.05, 0.1) is 18.6 Å². The van der Waals surface area contributed by atoms with Crippen molar-refractivity contribution in [2.75, 3.05) is 23.7 Å². The smallest absolute Gasteiger partial charge is 0.243 e. The molecule has 0 aliphatic heterocycles. The highest BCUT2D eigenvalue weighted by Crippen LogP contribution is 2.24. The number of hydrogen-bond acceptors (Lipinski definition) is 4. The summed E-state index contributed by atoms with van der Waals surface area (Å²) in [5, 5.41) is 2.74. The Hall–Kier alpha value is -2.61. The van der Waals surface area contributed by atoms with E-state index in [0.29, 0.717) is 26.0 Å². The quantitative estimate of drug-likeness (QED) is 0.597. The average Bonchev–Trinajstić information content (AvgIpc) is 2.67. The standard InChI is InChI=1S/C21H27FN2O4S/c1-4-28-20-14-8-5-10-17(20)11-9-15-23-21(25)16(2)24(29(3,26)27)19-13-7-6-12-18(19)22/h5-8,10,12-14,16H,4,9,11,15H2,1-3H3,(H,23,25). The molecule has 1 atom stereocenters. The molecule has 1 N–H and O–H groups in total. The molecule has 0 bridgehead atoms. The van der Waals surface area contributed by atoms with Gasteiger partial charge in [-0.2, -0.15) is 0 Å². The highest BCUT2D eigenvalue weighted by molar-refractivity contribution is 7.92. The molecule has 0 saturated heterocycles. The van der Waals surface area contributed by atoms with Gasteiger partial charge in [-0.05, 0) is 50.5 Å². The fourth-order valence-corrected chi connectivity index (χ4v) is 4.23. The molecule has 1 amide bonds. The number of aryl methyl sites for hydroxylation is 1. The van der Waals surface area contributed by atoms with Crippen molar-refractivity contribution in [2.24, 2.45) is 0 Å². The van der Waals surface area contributed by atoms with Crippen molar-refractivity contribution in [3.63, 3.8) is 0 Å². The van der Waals surface area contributed by atoms with Crippen molar-refractivity contribution in [2.45, 2.75) is 32.7 Å². The maximum Gasteiger partial charge on any atom is 0.243 e. The first kappa shape index (κ1) is 22.7. The molecule has 6 nitrogen and oxygen atoms in total. The maximum atomic E-state index is 14.1. The number of hydrogen-bond donors (Lipinski definition) is 1. The predicted molar refractivity (Wildman–Crippen MR) is 112 cm³/mol. The van der Waals surface area contributed by atoms with Crippen LogP contribution in [0.15, 0.2) is 48.5 Å². The van der Waals surface area contributed by atoms with Crippen LogP contribution in [0.3, 0.4) is 0 Å². The summed E-state index contributed by atoms with van der Waals surface area (Å²) in [4.78, 5) is 12.5. The number of carbonyl (C=O) groups excluding carboxylic acids is 1. The van der Waals surface area contributed by atoms with Crippen LogP contribution in [0.4, 0.5) is 10.1 Å². The fourth-order valence-electron chi connectivity index (χ4n) is 3.06. The molecule has 0 heterocycles. The van der Waals surface area contributed by atoms with E-state index in [1.807, 2.05) is 31.2 Å². The van der Waals surface area contributed by atoms with Gasteiger partial charge in [0, 0.05) is 6.54 Å². The Labute approximate surface area is 171 Å². The molecule has 8 heteroatoms. The number of para-hydroxylation sites is 2. The lowest BCUT2D eigenvalue weighted by Crippen LogP contribution is -2.48. The number of amides is 1. The predicted octanol–water partition coefficient (Wildman–Crippen LogP) is 3.13. The molecule has 0 saturated carbocycles. The van der Waals surface area contributed by atoms with E-state index in [1.54, 1.807) is 0 Å². The topological polar surface area (TPSA) is 75.7 Å². The maximum absolute atomic E-state index is 14.1. The lowest BCUT2D eigenvalue weighted by Gasteiger charge is -2.28. The summed E-state index contributed by atoms with van der Waals surface area (Å²) < 4.78 is 45.0. The van der Waals surface area contributed by atoms with E-state index in [0.717, 1.165) is 27.9 Å². The normalized spacial score (nSPS) is 12.3. The Balaban J connectivity index is 2.00. The molecule has 0 radical (unpaired) electrons. The molecule has 0 aromatic heterocycles. The van der Waals surface area contributed by atoms with Crippen molar-refractivity contribution >= 4 is 21.6 Å². The first-order chi connectivity index (χ1) is 13.8. The minimum Gasteiger partial charge on any atom is -0.494 e. The van der Waals surface area contributed by atoms with Gasteiger partial charge in [-0.1, -0.05) is 30.3 Å². The van der Waals surface area contributed by atoms with E-state index in [4.69, 9.17) is 4.74 Å². The van der Waals surface area contributed by atoms with Crippen molar-refractivity contribution < 1.29 is 22.3 Å². The van der Waals surface area contributed by atoms with E-state index in [-0.39, 0.29) is 5.69 Å². The summed E-state index contributed by atoms with van der Waals surface area (Å²) in [6, 6.07) is 12.1. The Morgan fingerprint density at radius 3 is 2.48 bits per heavy atom. The number of ether oxygens (including phenoxy) is 1. The van der Waals surface area contributed by atoms with Gasteiger partial charge in [0.2, 0.25) is 15.9 Å². The molecule has 1 unspecified atom stereocenters. The number of nitrogens with one attached hydrogen (secondary N) is 1. The summed E-state index contributed by atoms with van der Waals surface area (Å²) in [7, 11) is -3.85. The molecule has 2 aromatic rings. The van der Waals surface area contributed by atoms with E-state index < -0.39 is 27.8 Å². The molecule has 0 fully saturated rings. The number of benzene rings is 2. The van der Waals surface area contributed by atoms with Crippen molar-refractivity contribution in [1.82, 2.24) is 5.32 Å². The number of rotatable bonds is 10. The zero-order chi connectivity index (χ0) is 21.4. The van der Waals surface area contributed by atoms with Gasteiger partial charge < -0.3 is 10.1 Å². The summed E-state index contributed by atoms with van der Waals surface area (Å²) in [6.07, 6.45) is 2.31. The van der Waals surface area contributed by atoms with Gasteiger partial charge in [-0.3, -0.25) is 9.10 Å². The second-order valence-corrected chi connectivity index (χ2v) is 8.48. The molecule has 2 aromatic carbocycles. The molecule has 0 spiro atoms. The molecule has 0 aliphatic carbocycles. The highest BCUT2D eigenvalue weighted by Gasteiger charge is 2.30. The van der Waals surface area contributed by atoms with E-state index in [1.165, 1.54) is 25.1 Å². The number of nitrogens with zero attached hydrogens (tertiary/aromatic N) is 1. The summed E-state index contributed by atoms with van der Waals surface area (Å²) in [6.45, 7) is 4.29. The largest absolute Gasteiger partial charge is 0.494 e. The van der Waals surface area contributed by atoms with Crippen LogP contribution in [-0.2, 0) is 21.2 Å². The summed E-state index contributed by atoms with van der Waals surface area (Å²) >= 11 is 0. The van der Waals surface area contributed by atoms with Crippen LogP contribution in [0.2, 0.25) is 0 Å². The number of halogens is 1. The van der Waals surface area contributed by atoms with Crippen LogP contribution in [0, 0.1) is 5.82 Å². The second kappa shape index (κ2) is 10.2. The third-order valence-corrected chi connectivity index (χ3v) is 5.60. The van der Waals surface area contributed by atoms with Crippen LogP contribution in [0.1, 0.15) is 25.8 Å². The molecule has 2 rings (SSSR count). The SMILES string of the molecule is CCOc1ccccc1CCCNC(=O)C(C)N(c1ccccc1F)S(C)(=O)=O. The second-order valence-electron chi connectivity index (χ2n) is 6.62. The lowest BCUT2D eigenvalue weighted by molar-refractivity contribution is -0.121. The Morgan fingerprint density at radius 2 is 1.83 bits per heavy atom. The zero-order valence-corrected chi connectivity index (χ0v) is 17.7. The van der Waals surface area contributed by atoms with Crippen LogP contribution in [0.25, 0.3) is 0 Å². The van der Waals surface area contributed by atoms with Gasteiger partial charge >= 0.3 is 0 Å². The van der Waals surface area contributed by atoms with Gasteiger partial charge in [-0.15, -0.1) is 0 Å². The third-order valence-electron chi connectivity index (χ3n) is 4.37. The minimum atomic E-state index is -3.85. The van der Waals surface area contributed by atoms with Crippen LogP contribution < -0.4 is 14.4 Å². The molecule has 158 valence electrons. The van der Waals surface area contributed by atoms with E-state index in [2.05, 4.69) is 5.32 Å². The molecular formula is C21H27FN2O4S. The third kappa shape index (κ3) is 6.19. The molecule has 29 heavy (non-hydrogen) atoms. The van der Waals surface area contributed by atoms with Crippen LogP contribution >= 0.6 is 0 Å². The summed E-state index contributed by atoms with van der Waals surface area (Å²) in [5.41, 5.74) is 0.893. The van der Waals surface area contributed by atoms with Gasteiger partial charge in [0.1, 0.15) is 17.6 Å². The Kier molecular flexibility index (Phi) is 8.01. The fraction of sp³-hybridized carbons (Fsp3) is 0.381. The monoisotopic (exact) mass is 422 g/mol. The van der Waals surface area contributed by atoms with Gasteiger partial charge in [0.15, 0.2) is 0 Å². The van der Waals surface area contributed by atoms with Crippen molar-refractivity contribution in [3.05, 3.63) is 59.9 Å². The first-order valence-electron chi connectivity index (χ1n) is 9.48.